The van der Waals surface area contributed by atoms with E-state index >= 15 is 0 Å². The van der Waals surface area contributed by atoms with Gasteiger partial charge in [0.1, 0.15) is 9.84 Å². The molecule has 94 valence electrons. The van der Waals surface area contributed by atoms with E-state index in [0.29, 0.717) is 6.67 Å². The zero-order chi connectivity index (χ0) is 12.5. The maximum absolute atomic E-state index is 11.9. The summed E-state index contributed by atoms with van der Waals surface area (Å²) in [5.74, 6) is 0.250. The monoisotopic (exact) mass is 248 g/mol. The lowest BCUT2D eigenvalue weighted by Gasteiger charge is -2.23. The number of rotatable bonds is 4. The second-order valence-electron chi connectivity index (χ2n) is 4.83. The van der Waals surface area contributed by atoms with Crippen LogP contribution in [0, 0.1) is 5.92 Å². The molecule has 16 heavy (non-hydrogen) atoms. The largest absolute Gasteiger partial charge is 0.325 e. The van der Waals surface area contributed by atoms with E-state index in [9.17, 15) is 13.2 Å². The first-order valence-corrected chi connectivity index (χ1v) is 7.50. The van der Waals surface area contributed by atoms with Gasteiger partial charge in [0, 0.05) is 12.3 Å². The lowest BCUT2D eigenvalue weighted by molar-refractivity contribution is -0.130. The molecule has 1 rings (SSSR count). The maximum Gasteiger partial charge on any atom is 0.241 e. The Kier molecular flexibility index (Phi) is 3.96. The minimum atomic E-state index is -3.04. The highest BCUT2D eigenvalue weighted by Crippen LogP contribution is 2.15. The van der Waals surface area contributed by atoms with Crippen molar-refractivity contribution >= 4 is 15.7 Å². The molecule has 1 amide bonds. The highest BCUT2D eigenvalue weighted by Gasteiger charge is 2.36. The highest BCUT2D eigenvalue weighted by atomic mass is 32.2. The first-order valence-electron chi connectivity index (χ1n) is 5.44. The Morgan fingerprint density at radius 3 is 2.38 bits per heavy atom. The molecule has 1 aliphatic heterocycles. The molecule has 0 saturated carbocycles. The third-order valence-electron chi connectivity index (χ3n) is 2.77. The van der Waals surface area contributed by atoms with E-state index in [-0.39, 0.29) is 29.7 Å². The quantitative estimate of drug-likeness (QED) is 0.750. The van der Waals surface area contributed by atoms with Crippen molar-refractivity contribution in [3.05, 3.63) is 0 Å². The van der Waals surface area contributed by atoms with Gasteiger partial charge >= 0.3 is 0 Å². The molecule has 5 nitrogen and oxygen atoms in total. The van der Waals surface area contributed by atoms with Gasteiger partial charge in [-0.15, -0.1) is 0 Å². The second-order valence-corrected chi connectivity index (χ2v) is 7.02. The maximum atomic E-state index is 11.9. The second kappa shape index (κ2) is 4.71. The highest BCUT2D eigenvalue weighted by molar-refractivity contribution is 7.90. The van der Waals surface area contributed by atoms with Crippen LogP contribution in [0.5, 0.6) is 0 Å². The van der Waals surface area contributed by atoms with Gasteiger partial charge in [-0.25, -0.2) is 8.42 Å². The number of carbonyl (C=O) groups is 1. The van der Waals surface area contributed by atoms with Crippen molar-refractivity contribution < 1.29 is 13.2 Å². The Morgan fingerprint density at radius 2 is 2.00 bits per heavy atom. The van der Waals surface area contributed by atoms with Crippen molar-refractivity contribution in [1.29, 1.82) is 0 Å². The topological polar surface area (TPSA) is 66.5 Å². The van der Waals surface area contributed by atoms with Crippen LogP contribution in [0.3, 0.4) is 0 Å². The molecular weight excluding hydrogens is 228 g/mol. The third-order valence-corrected chi connectivity index (χ3v) is 3.86. The average Bonchev–Trinajstić information content (AvgIpc) is 2.43. The normalized spacial score (nSPS) is 24.2. The molecule has 1 aliphatic rings. The fourth-order valence-corrected chi connectivity index (χ4v) is 3.02. The molecule has 1 saturated heterocycles. The molecule has 0 aromatic heterocycles. The molecule has 0 aromatic rings. The van der Waals surface area contributed by atoms with E-state index in [0.717, 1.165) is 0 Å². The van der Waals surface area contributed by atoms with Gasteiger partial charge in [-0.3, -0.25) is 10.1 Å². The van der Waals surface area contributed by atoms with E-state index in [1.807, 2.05) is 13.8 Å². The summed E-state index contributed by atoms with van der Waals surface area (Å²) in [7, 11) is -3.04. The van der Waals surface area contributed by atoms with Crippen molar-refractivity contribution in [3.63, 3.8) is 0 Å². The molecule has 6 heteroatoms. The molecule has 0 radical (unpaired) electrons. The van der Waals surface area contributed by atoms with Crippen molar-refractivity contribution in [2.24, 2.45) is 5.92 Å². The fraction of sp³-hybridized carbons (Fsp3) is 0.900. The van der Waals surface area contributed by atoms with Crippen molar-refractivity contribution in [3.8, 4) is 0 Å². The zero-order valence-corrected chi connectivity index (χ0v) is 11.0. The number of nitrogens with one attached hydrogen (secondary N) is 1. The van der Waals surface area contributed by atoms with E-state index in [1.54, 1.807) is 11.8 Å². The third kappa shape index (κ3) is 3.18. The SMILES string of the molecule is CC(C)C1NCN(C(C)CS(C)(=O)=O)C1=O. The van der Waals surface area contributed by atoms with Crippen molar-refractivity contribution in [1.82, 2.24) is 10.2 Å². The van der Waals surface area contributed by atoms with Gasteiger partial charge in [0.25, 0.3) is 0 Å². The first-order chi connectivity index (χ1) is 7.22. The van der Waals surface area contributed by atoms with Crippen LogP contribution < -0.4 is 5.32 Å². The Labute approximate surface area is 97.1 Å². The van der Waals surface area contributed by atoms with Crippen LogP contribution in [0.15, 0.2) is 0 Å². The minimum absolute atomic E-state index is 0.00569. The van der Waals surface area contributed by atoms with Crippen LogP contribution in [0.25, 0.3) is 0 Å². The van der Waals surface area contributed by atoms with Gasteiger partial charge in [0.05, 0.1) is 18.5 Å². The molecular formula is C10H20N2O3S. The van der Waals surface area contributed by atoms with Crippen molar-refractivity contribution in [2.45, 2.75) is 32.9 Å². The van der Waals surface area contributed by atoms with Gasteiger partial charge in [0.15, 0.2) is 0 Å². The Balaban J connectivity index is 2.67. The number of amides is 1. The summed E-state index contributed by atoms with van der Waals surface area (Å²) in [6.07, 6.45) is 1.19. The molecule has 0 aliphatic carbocycles. The van der Waals surface area contributed by atoms with Crippen LogP contribution in [0.1, 0.15) is 20.8 Å². The van der Waals surface area contributed by atoms with Crippen LogP contribution in [0.2, 0.25) is 0 Å². The van der Waals surface area contributed by atoms with Gasteiger partial charge in [-0.1, -0.05) is 13.8 Å². The molecule has 1 heterocycles. The number of carbonyl (C=O) groups excluding carboxylic acids is 1. The van der Waals surface area contributed by atoms with Crippen LogP contribution in [0.4, 0.5) is 0 Å². The molecule has 0 bridgehead atoms. The molecule has 0 aromatic carbocycles. The van der Waals surface area contributed by atoms with Gasteiger partial charge < -0.3 is 4.90 Å². The lowest BCUT2D eigenvalue weighted by atomic mass is 10.0. The van der Waals surface area contributed by atoms with Crippen molar-refractivity contribution in [2.75, 3.05) is 18.7 Å². The summed E-state index contributed by atoms with van der Waals surface area (Å²) < 4.78 is 22.3. The lowest BCUT2D eigenvalue weighted by Crippen LogP contribution is -2.41. The van der Waals surface area contributed by atoms with E-state index < -0.39 is 9.84 Å². The van der Waals surface area contributed by atoms with E-state index in [4.69, 9.17) is 0 Å². The number of nitrogens with zero attached hydrogens (tertiary/aromatic N) is 1. The van der Waals surface area contributed by atoms with Gasteiger partial charge in [-0.2, -0.15) is 0 Å². The Hall–Kier alpha value is -0.620. The standard InChI is InChI=1S/C10H20N2O3S/c1-7(2)9-10(13)12(6-11-9)8(3)5-16(4,14)15/h7-9,11H,5-6H2,1-4H3. The fourth-order valence-electron chi connectivity index (χ4n) is 1.96. The molecule has 0 spiro atoms. The summed E-state index contributed by atoms with van der Waals surface area (Å²) in [6, 6.07) is -0.444. The smallest absolute Gasteiger partial charge is 0.241 e. The summed E-state index contributed by atoms with van der Waals surface area (Å²) in [5, 5.41) is 3.10. The molecule has 2 unspecified atom stereocenters. The Bertz CT molecular complexity index is 364. The van der Waals surface area contributed by atoms with Crippen LogP contribution in [-0.4, -0.2) is 50.0 Å². The molecule has 1 N–H and O–H groups in total. The summed E-state index contributed by atoms with van der Waals surface area (Å²) >= 11 is 0. The minimum Gasteiger partial charge on any atom is -0.325 e. The average molecular weight is 248 g/mol. The Morgan fingerprint density at radius 1 is 1.44 bits per heavy atom. The summed E-state index contributed by atoms with van der Waals surface area (Å²) in [6.45, 7) is 6.16. The zero-order valence-electron chi connectivity index (χ0n) is 10.2. The first kappa shape index (κ1) is 13.4. The number of hydrogen-bond acceptors (Lipinski definition) is 4. The summed E-state index contributed by atoms with van der Waals surface area (Å²) in [5.41, 5.74) is 0. The predicted octanol–water partition coefficient (Wildman–Crippen LogP) is -0.167. The number of hydrogen-bond donors (Lipinski definition) is 1. The van der Waals surface area contributed by atoms with Crippen LogP contribution >= 0.6 is 0 Å². The van der Waals surface area contributed by atoms with E-state index in [2.05, 4.69) is 5.32 Å². The van der Waals surface area contributed by atoms with Gasteiger partial charge in [-0.05, 0) is 12.8 Å². The molecule has 1 fully saturated rings. The molecule has 2 atom stereocenters. The number of sulfone groups is 1. The van der Waals surface area contributed by atoms with Gasteiger partial charge in [0.2, 0.25) is 5.91 Å². The van der Waals surface area contributed by atoms with Crippen LogP contribution in [-0.2, 0) is 14.6 Å². The predicted molar refractivity (Wildman–Crippen MR) is 62.6 cm³/mol. The summed E-state index contributed by atoms with van der Waals surface area (Å²) in [4.78, 5) is 13.5. The van der Waals surface area contributed by atoms with E-state index in [1.165, 1.54) is 6.26 Å².